The third kappa shape index (κ3) is 4.66. The lowest BCUT2D eigenvalue weighted by Gasteiger charge is -2.34. The number of aliphatic hydroxyl groups is 1. The van der Waals surface area contributed by atoms with Crippen molar-refractivity contribution in [3.05, 3.63) is 24.3 Å². The van der Waals surface area contributed by atoms with Crippen molar-refractivity contribution in [3.63, 3.8) is 0 Å². The lowest BCUT2D eigenvalue weighted by molar-refractivity contribution is 0.0766. The zero-order valence-corrected chi connectivity index (χ0v) is 15.4. The maximum absolute atomic E-state index is 12.6. The summed E-state index contributed by atoms with van der Waals surface area (Å²) in [5.74, 6) is 0.987. The van der Waals surface area contributed by atoms with Gasteiger partial charge >= 0.3 is 6.03 Å². The number of piperidine rings is 2. The van der Waals surface area contributed by atoms with Crippen LogP contribution in [-0.4, -0.2) is 48.3 Å². The Kier molecular flexibility index (Phi) is 5.84. The standard InChI is InChI=1S/C20H31N3O2/c1-15-8-11-22(12-9-15)19-7-3-6-18(13-19)21-20(25)23-10-4-5-17(14-23)16(2)24/h3,6-7,13,15-17,24H,4-5,8-12,14H2,1-2H3,(H,21,25). The van der Waals surface area contributed by atoms with Gasteiger partial charge in [-0.3, -0.25) is 0 Å². The van der Waals surface area contributed by atoms with Crippen LogP contribution < -0.4 is 10.2 Å². The normalized spacial score (nSPS) is 23.4. The first-order valence-corrected chi connectivity index (χ1v) is 9.62. The molecule has 2 heterocycles. The Balaban J connectivity index is 1.61. The first kappa shape index (κ1) is 18.1. The molecule has 1 aromatic carbocycles. The summed E-state index contributed by atoms with van der Waals surface area (Å²) >= 11 is 0. The minimum atomic E-state index is -0.361. The maximum atomic E-state index is 12.6. The van der Waals surface area contributed by atoms with Crippen LogP contribution in [0.3, 0.4) is 0 Å². The summed E-state index contributed by atoms with van der Waals surface area (Å²) in [7, 11) is 0. The topological polar surface area (TPSA) is 55.8 Å². The van der Waals surface area contributed by atoms with Crippen molar-refractivity contribution >= 4 is 17.4 Å². The number of nitrogens with one attached hydrogen (secondary N) is 1. The molecule has 2 saturated heterocycles. The van der Waals surface area contributed by atoms with E-state index in [4.69, 9.17) is 0 Å². The molecule has 5 nitrogen and oxygen atoms in total. The maximum Gasteiger partial charge on any atom is 0.321 e. The summed E-state index contributed by atoms with van der Waals surface area (Å²) in [4.78, 5) is 16.8. The molecule has 0 aliphatic carbocycles. The van der Waals surface area contributed by atoms with E-state index in [1.807, 2.05) is 24.0 Å². The number of amides is 2. The molecule has 0 saturated carbocycles. The van der Waals surface area contributed by atoms with E-state index in [-0.39, 0.29) is 18.1 Å². The van der Waals surface area contributed by atoms with Crippen molar-refractivity contribution in [2.45, 2.75) is 45.6 Å². The van der Waals surface area contributed by atoms with Crippen LogP contribution >= 0.6 is 0 Å². The second kappa shape index (κ2) is 8.09. The summed E-state index contributed by atoms with van der Waals surface area (Å²) in [6, 6.07) is 8.09. The number of urea groups is 1. The predicted octanol–water partition coefficient (Wildman–Crippen LogP) is 3.55. The van der Waals surface area contributed by atoms with Crippen LogP contribution in [0.2, 0.25) is 0 Å². The van der Waals surface area contributed by atoms with E-state index in [0.29, 0.717) is 6.54 Å². The average Bonchev–Trinajstić information content (AvgIpc) is 2.62. The second-order valence-corrected chi connectivity index (χ2v) is 7.74. The van der Waals surface area contributed by atoms with Gasteiger partial charge in [-0.15, -0.1) is 0 Å². The van der Waals surface area contributed by atoms with Gasteiger partial charge in [-0.1, -0.05) is 13.0 Å². The van der Waals surface area contributed by atoms with Gasteiger partial charge in [-0.25, -0.2) is 4.79 Å². The molecule has 2 aliphatic rings. The summed E-state index contributed by atoms with van der Waals surface area (Å²) in [6.45, 7) is 7.69. The minimum Gasteiger partial charge on any atom is -0.393 e. The van der Waals surface area contributed by atoms with E-state index in [9.17, 15) is 9.90 Å². The molecule has 0 bridgehead atoms. The SMILES string of the molecule is CC1CCN(c2cccc(NC(=O)N3CCCC(C(C)O)C3)c2)CC1. The van der Waals surface area contributed by atoms with Crippen molar-refractivity contribution in [2.75, 3.05) is 36.4 Å². The van der Waals surface area contributed by atoms with E-state index in [2.05, 4.69) is 29.3 Å². The van der Waals surface area contributed by atoms with Crippen LogP contribution in [-0.2, 0) is 0 Å². The van der Waals surface area contributed by atoms with E-state index >= 15 is 0 Å². The highest BCUT2D eigenvalue weighted by atomic mass is 16.3. The first-order chi connectivity index (χ1) is 12.0. The molecule has 2 N–H and O–H groups in total. The number of likely N-dealkylation sites (tertiary alicyclic amines) is 1. The lowest BCUT2D eigenvalue weighted by atomic mass is 9.94. The largest absolute Gasteiger partial charge is 0.393 e. The Bertz CT molecular complexity index is 582. The number of carbonyl (C=O) groups is 1. The number of anilines is 2. The molecule has 2 aliphatic heterocycles. The third-order valence-corrected chi connectivity index (χ3v) is 5.67. The van der Waals surface area contributed by atoms with Crippen LogP contribution in [0, 0.1) is 11.8 Å². The van der Waals surface area contributed by atoms with Gasteiger partial charge in [0, 0.05) is 43.5 Å². The number of aliphatic hydroxyl groups excluding tert-OH is 1. The number of hydrogen-bond acceptors (Lipinski definition) is 3. The fraction of sp³-hybridized carbons (Fsp3) is 0.650. The number of benzene rings is 1. The van der Waals surface area contributed by atoms with Crippen molar-refractivity contribution in [1.82, 2.24) is 4.90 Å². The Morgan fingerprint density at radius 2 is 2.00 bits per heavy atom. The monoisotopic (exact) mass is 345 g/mol. The van der Waals surface area contributed by atoms with E-state index in [0.717, 1.165) is 44.1 Å². The van der Waals surface area contributed by atoms with Crippen LogP contribution in [0.1, 0.15) is 39.5 Å². The van der Waals surface area contributed by atoms with Gasteiger partial charge in [0.05, 0.1) is 6.10 Å². The lowest BCUT2D eigenvalue weighted by Crippen LogP contribution is -2.44. The van der Waals surface area contributed by atoms with E-state index in [1.54, 1.807) is 0 Å². The smallest absolute Gasteiger partial charge is 0.321 e. The summed E-state index contributed by atoms with van der Waals surface area (Å²) in [5.41, 5.74) is 2.03. The van der Waals surface area contributed by atoms with Gasteiger partial charge in [0.25, 0.3) is 0 Å². The molecule has 25 heavy (non-hydrogen) atoms. The van der Waals surface area contributed by atoms with Crippen molar-refractivity contribution in [2.24, 2.45) is 11.8 Å². The number of carbonyl (C=O) groups excluding carboxylic acids is 1. The summed E-state index contributed by atoms with van der Waals surface area (Å²) in [5, 5.41) is 12.8. The molecule has 1 aromatic rings. The van der Waals surface area contributed by atoms with Crippen LogP contribution in [0.15, 0.2) is 24.3 Å². The number of nitrogens with zero attached hydrogens (tertiary/aromatic N) is 2. The third-order valence-electron chi connectivity index (χ3n) is 5.67. The molecular formula is C20H31N3O2. The molecule has 2 fully saturated rings. The van der Waals surface area contributed by atoms with Crippen LogP contribution in [0.25, 0.3) is 0 Å². The molecule has 5 heteroatoms. The minimum absolute atomic E-state index is 0.0604. The first-order valence-electron chi connectivity index (χ1n) is 9.62. The molecule has 2 atom stereocenters. The Morgan fingerprint density at radius 3 is 2.72 bits per heavy atom. The number of rotatable bonds is 3. The zero-order valence-electron chi connectivity index (χ0n) is 15.4. The molecule has 0 radical (unpaired) electrons. The molecule has 3 rings (SSSR count). The quantitative estimate of drug-likeness (QED) is 0.881. The van der Waals surface area contributed by atoms with Crippen molar-refractivity contribution in [1.29, 1.82) is 0 Å². The highest BCUT2D eigenvalue weighted by molar-refractivity contribution is 5.90. The fourth-order valence-corrected chi connectivity index (χ4v) is 3.84. The van der Waals surface area contributed by atoms with Crippen LogP contribution in [0.4, 0.5) is 16.2 Å². The Labute approximate surface area is 151 Å². The molecule has 138 valence electrons. The molecule has 2 amide bonds. The van der Waals surface area contributed by atoms with E-state index < -0.39 is 0 Å². The second-order valence-electron chi connectivity index (χ2n) is 7.74. The van der Waals surface area contributed by atoms with Gasteiger partial charge in [0.15, 0.2) is 0 Å². The molecule has 2 unspecified atom stereocenters. The van der Waals surface area contributed by atoms with Gasteiger partial charge < -0.3 is 20.2 Å². The fourth-order valence-electron chi connectivity index (χ4n) is 3.84. The predicted molar refractivity (Wildman–Crippen MR) is 102 cm³/mol. The molecule has 0 spiro atoms. The zero-order chi connectivity index (χ0) is 17.8. The molecular weight excluding hydrogens is 314 g/mol. The van der Waals surface area contributed by atoms with E-state index in [1.165, 1.54) is 18.5 Å². The van der Waals surface area contributed by atoms with Crippen LogP contribution in [0.5, 0.6) is 0 Å². The summed E-state index contributed by atoms with van der Waals surface area (Å²) < 4.78 is 0. The van der Waals surface area contributed by atoms with Crippen molar-refractivity contribution in [3.8, 4) is 0 Å². The number of hydrogen-bond donors (Lipinski definition) is 2. The summed E-state index contributed by atoms with van der Waals surface area (Å²) in [6.07, 6.45) is 4.04. The van der Waals surface area contributed by atoms with Gasteiger partial charge in [0.2, 0.25) is 0 Å². The highest BCUT2D eigenvalue weighted by Gasteiger charge is 2.26. The van der Waals surface area contributed by atoms with Gasteiger partial charge in [-0.05, 0) is 56.7 Å². The molecule has 0 aromatic heterocycles. The highest BCUT2D eigenvalue weighted by Crippen LogP contribution is 2.26. The van der Waals surface area contributed by atoms with Gasteiger partial charge in [0.1, 0.15) is 0 Å². The Morgan fingerprint density at radius 1 is 1.24 bits per heavy atom. The van der Waals surface area contributed by atoms with Gasteiger partial charge in [-0.2, -0.15) is 0 Å². The average molecular weight is 345 g/mol. The Hall–Kier alpha value is -1.75. The van der Waals surface area contributed by atoms with Crippen molar-refractivity contribution < 1.29 is 9.90 Å².